The summed E-state index contributed by atoms with van der Waals surface area (Å²) in [5, 5.41) is 0. The van der Waals surface area contributed by atoms with E-state index >= 15 is 0 Å². The number of hydrogen-bond acceptors (Lipinski definition) is 0. The molecule has 0 heterocycles. The minimum Gasteiger partial charge on any atom is -0.0651 e. The van der Waals surface area contributed by atoms with Gasteiger partial charge in [0, 0.05) is 0 Å². The van der Waals surface area contributed by atoms with Gasteiger partial charge >= 0.3 is 0 Å². The van der Waals surface area contributed by atoms with Crippen LogP contribution >= 0.6 is 0 Å². The molecule has 21 heavy (non-hydrogen) atoms. The van der Waals surface area contributed by atoms with Crippen molar-refractivity contribution in [2.75, 3.05) is 0 Å². The van der Waals surface area contributed by atoms with E-state index in [0.29, 0.717) is 0 Å². The molecule has 0 atom stereocenters. The van der Waals surface area contributed by atoms with Crippen LogP contribution < -0.4 is 0 Å². The van der Waals surface area contributed by atoms with E-state index in [1.807, 2.05) is 0 Å². The van der Waals surface area contributed by atoms with E-state index < -0.39 is 0 Å². The van der Waals surface area contributed by atoms with E-state index in [-0.39, 0.29) is 0 Å². The Kier molecular flexibility index (Phi) is 4.16. The van der Waals surface area contributed by atoms with E-state index in [0.717, 1.165) is 6.42 Å². The average Bonchev–Trinajstić information content (AvgIpc) is 2.57. The highest BCUT2D eigenvalue weighted by molar-refractivity contribution is 5.83. The Hall–Kier alpha value is -2.34. The summed E-state index contributed by atoms with van der Waals surface area (Å²) in [6, 6.07) is 28.2. The van der Waals surface area contributed by atoms with Crippen molar-refractivity contribution in [1.82, 2.24) is 0 Å². The first-order valence-electron chi connectivity index (χ1n) is 7.62. The summed E-state index contributed by atoms with van der Waals surface area (Å²) in [5.74, 6) is 0. The molecular formula is C21H20. The second-order valence-electron chi connectivity index (χ2n) is 5.36. The molecule has 0 aliphatic carbocycles. The summed E-state index contributed by atoms with van der Waals surface area (Å²) in [6.07, 6.45) is 2.31. The molecule has 3 aromatic carbocycles. The molecule has 0 aromatic heterocycles. The summed E-state index contributed by atoms with van der Waals surface area (Å²) in [6.45, 7) is 2.23. The SMILES string of the molecule is CCCc1ccc(-c2ccccc2)c(-c2ccccc2)c1. The van der Waals surface area contributed by atoms with Crippen molar-refractivity contribution in [1.29, 1.82) is 0 Å². The smallest absolute Gasteiger partial charge is 0.0103 e. The second-order valence-corrected chi connectivity index (χ2v) is 5.36. The molecule has 0 amide bonds. The summed E-state index contributed by atoms with van der Waals surface area (Å²) < 4.78 is 0. The highest BCUT2D eigenvalue weighted by Crippen LogP contribution is 2.33. The molecule has 3 rings (SSSR count). The average molecular weight is 272 g/mol. The van der Waals surface area contributed by atoms with Crippen LogP contribution in [0.5, 0.6) is 0 Å². The van der Waals surface area contributed by atoms with Gasteiger partial charge < -0.3 is 0 Å². The maximum absolute atomic E-state index is 2.35. The maximum Gasteiger partial charge on any atom is -0.0103 e. The Morgan fingerprint density at radius 3 is 1.76 bits per heavy atom. The highest BCUT2D eigenvalue weighted by atomic mass is 14.1. The van der Waals surface area contributed by atoms with Gasteiger partial charge in [-0.1, -0.05) is 92.2 Å². The maximum atomic E-state index is 2.35. The third-order valence-electron chi connectivity index (χ3n) is 3.79. The van der Waals surface area contributed by atoms with Crippen molar-refractivity contribution < 1.29 is 0 Å². The van der Waals surface area contributed by atoms with Crippen molar-refractivity contribution in [2.24, 2.45) is 0 Å². The Labute approximate surface area is 127 Å². The van der Waals surface area contributed by atoms with E-state index in [2.05, 4.69) is 85.8 Å². The van der Waals surface area contributed by atoms with Crippen LogP contribution in [0.1, 0.15) is 18.9 Å². The molecular weight excluding hydrogens is 252 g/mol. The Morgan fingerprint density at radius 1 is 0.619 bits per heavy atom. The van der Waals surface area contributed by atoms with Gasteiger partial charge in [0.05, 0.1) is 0 Å². The fraction of sp³-hybridized carbons (Fsp3) is 0.143. The molecule has 0 aliphatic heterocycles. The second kappa shape index (κ2) is 6.41. The molecule has 0 spiro atoms. The number of hydrogen-bond donors (Lipinski definition) is 0. The van der Waals surface area contributed by atoms with Crippen molar-refractivity contribution >= 4 is 0 Å². The molecule has 0 saturated heterocycles. The topological polar surface area (TPSA) is 0 Å². The van der Waals surface area contributed by atoms with Crippen LogP contribution in [-0.2, 0) is 6.42 Å². The Bertz CT molecular complexity index is 697. The zero-order valence-corrected chi connectivity index (χ0v) is 12.4. The highest BCUT2D eigenvalue weighted by Gasteiger charge is 2.08. The molecule has 0 bridgehead atoms. The fourth-order valence-electron chi connectivity index (χ4n) is 2.76. The van der Waals surface area contributed by atoms with Gasteiger partial charge in [-0.2, -0.15) is 0 Å². The molecule has 0 nitrogen and oxygen atoms in total. The molecule has 0 saturated carbocycles. The summed E-state index contributed by atoms with van der Waals surface area (Å²) in [5.41, 5.74) is 6.61. The van der Waals surface area contributed by atoms with Gasteiger partial charge in [-0.3, -0.25) is 0 Å². The molecule has 3 aromatic rings. The summed E-state index contributed by atoms with van der Waals surface area (Å²) in [7, 11) is 0. The van der Waals surface area contributed by atoms with Gasteiger partial charge in [0.25, 0.3) is 0 Å². The quantitative estimate of drug-likeness (QED) is 0.548. The fourth-order valence-corrected chi connectivity index (χ4v) is 2.76. The summed E-state index contributed by atoms with van der Waals surface area (Å²) >= 11 is 0. The van der Waals surface area contributed by atoms with E-state index in [1.54, 1.807) is 0 Å². The zero-order valence-electron chi connectivity index (χ0n) is 12.4. The van der Waals surface area contributed by atoms with Crippen LogP contribution in [0.2, 0.25) is 0 Å². The van der Waals surface area contributed by atoms with Crippen LogP contribution in [0.15, 0.2) is 78.9 Å². The third kappa shape index (κ3) is 3.05. The van der Waals surface area contributed by atoms with Gasteiger partial charge in [-0.15, -0.1) is 0 Å². The lowest BCUT2D eigenvalue weighted by Crippen LogP contribution is -1.89. The lowest BCUT2D eigenvalue weighted by molar-refractivity contribution is 0.922. The van der Waals surface area contributed by atoms with Crippen LogP contribution in [0.4, 0.5) is 0 Å². The molecule has 104 valence electrons. The predicted molar refractivity (Wildman–Crippen MR) is 91.3 cm³/mol. The van der Waals surface area contributed by atoms with Crippen molar-refractivity contribution in [3.63, 3.8) is 0 Å². The molecule has 0 heteroatoms. The molecule has 0 N–H and O–H groups in total. The van der Waals surface area contributed by atoms with Gasteiger partial charge in [-0.25, -0.2) is 0 Å². The minimum absolute atomic E-state index is 1.13. The van der Waals surface area contributed by atoms with Gasteiger partial charge in [0.1, 0.15) is 0 Å². The Balaban J connectivity index is 2.16. The first kappa shape index (κ1) is 13.6. The number of aryl methyl sites for hydroxylation is 1. The minimum atomic E-state index is 1.13. The number of benzene rings is 3. The van der Waals surface area contributed by atoms with Crippen LogP contribution in [0, 0.1) is 0 Å². The van der Waals surface area contributed by atoms with E-state index in [9.17, 15) is 0 Å². The Morgan fingerprint density at radius 2 is 1.19 bits per heavy atom. The van der Waals surface area contributed by atoms with Crippen molar-refractivity contribution in [3.8, 4) is 22.3 Å². The van der Waals surface area contributed by atoms with Crippen molar-refractivity contribution in [2.45, 2.75) is 19.8 Å². The third-order valence-corrected chi connectivity index (χ3v) is 3.79. The van der Waals surface area contributed by atoms with Crippen LogP contribution in [0.3, 0.4) is 0 Å². The largest absolute Gasteiger partial charge is 0.0651 e. The standard InChI is InChI=1S/C21H20/c1-2-9-17-14-15-20(18-10-5-3-6-11-18)21(16-17)19-12-7-4-8-13-19/h3-8,10-16H,2,9H2,1H3. The van der Waals surface area contributed by atoms with Gasteiger partial charge in [0.2, 0.25) is 0 Å². The molecule has 0 aliphatic rings. The van der Waals surface area contributed by atoms with Gasteiger partial charge in [-0.05, 0) is 34.2 Å². The molecule has 0 radical (unpaired) electrons. The zero-order chi connectivity index (χ0) is 14.5. The predicted octanol–water partition coefficient (Wildman–Crippen LogP) is 5.97. The first-order valence-corrected chi connectivity index (χ1v) is 7.62. The monoisotopic (exact) mass is 272 g/mol. The van der Waals surface area contributed by atoms with E-state index in [4.69, 9.17) is 0 Å². The van der Waals surface area contributed by atoms with Crippen LogP contribution in [-0.4, -0.2) is 0 Å². The first-order chi connectivity index (χ1) is 10.4. The summed E-state index contributed by atoms with van der Waals surface area (Å²) in [4.78, 5) is 0. The lowest BCUT2D eigenvalue weighted by Gasteiger charge is -2.12. The normalized spacial score (nSPS) is 10.5. The van der Waals surface area contributed by atoms with Crippen LogP contribution in [0.25, 0.3) is 22.3 Å². The van der Waals surface area contributed by atoms with Crippen molar-refractivity contribution in [3.05, 3.63) is 84.4 Å². The number of rotatable bonds is 4. The van der Waals surface area contributed by atoms with Gasteiger partial charge in [0.15, 0.2) is 0 Å². The lowest BCUT2D eigenvalue weighted by atomic mass is 9.92. The molecule has 0 unspecified atom stereocenters. The van der Waals surface area contributed by atoms with E-state index in [1.165, 1.54) is 34.2 Å². The molecule has 0 fully saturated rings.